The molecule has 1 aromatic rings. The summed E-state index contributed by atoms with van der Waals surface area (Å²) in [7, 11) is 0. The predicted octanol–water partition coefficient (Wildman–Crippen LogP) is 2.47. The Balaban J connectivity index is 2.13. The summed E-state index contributed by atoms with van der Waals surface area (Å²) in [6.45, 7) is 5.23. The number of hydrogen-bond acceptors (Lipinski definition) is 4. The molecule has 88 valence electrons. The van der Waals surface area contributed by atoms with Gasteiger partial charge in [0.05, 0.1) is 6.20 Å². The Hall–Kier alpha value is -1.10. The predicted molar refractivity (Wildman–Crippen MR) is 64.3 cm³/mol. The molecule has 0 bridgehead atoms. The molecule has 1 heterocycles. The number of hydrogen-bond donors (Lipinski definition) is 1. The molecular formula is C11H16N2O2S. The van der Waals surface area contributed by atoms with Crippen molar-refractivity contribution in [2.45, 2.75) is 32.7 Å². The van der Waals surface area contributed by atoms with Crippen LogP contribution in [0.15, 0.2) is 6.20 Å². The maximum absolute atomic E-state index is 10.8. The molecule has 0 aromatic carbocycles. The summed E-state index contributed by atoms with van der Waals surface area (Å²) in [6.07, 6.45) is 4.03. The number of carbonyl (C=O) groups is 1. The maximum Gasteiger partial charge on any atom is 0.347 e. The van der Waals surface area contributed by atoms with Gasteiger partial charge in [-0.05, 0) is 32.6 Å². The Kier molecular flexibility index (Phi) is 3.14. The van der Waals surface area contributed by atoms with Crippen LogP contribution in [0, 0.1) is 5.92 Å². The molecule has 1 saturated carbocycles. The molecule has 1 aliphatic carbocycles. The molecule has 0 aliphatic heterocycles. The van der Waals surface area contributed by atoms with Crippen molar-refractivity contribution >= 4 is 22.4 Å². The monoisotopic (exact) mass is 240 g/mol. The number of aromatic carboxylic acids is 1. The van der Waals surface area contributed by atoms with Crippen molar-refractivity contribution in [2.75, 3.05) is 11.4 Å². The Morgan fingerprint density at radius 2 is 2.38 bits per heavy atom. The highest BCUT2D eigenvalue weighted by atomic mass is 32.1. The fourth-order valence-electron chi connectivity index (χ4n) is 1.58. The summed E-state index contributed by atoms with van der Waals surface area (Å²) in [6, 6.07) is 0.369. The molecule has 0 radical (unpaired) electrons. The smallest absolute Gasteiger partial charge is 0.347 e. The van der Waals surface area contributed by atoms with Crippen LogP contribution in [-0.4, -0.2) is 28.6 Å². The summed E-state index contributed by atoms with van der Waals surface area (Å²) < 4.78 is 0. The Labute approximate surface area is 98.9 Å². The van der Waals surface area contributed by atoms with Gasteiger partial charge in [-0.15, -0.1) is 0 Å². The molecule has 1 aliphatic rings. The molecule has 1 aromatic heterocycles. The Bertz CT molecular complexity index is 385. The second-order valence-corrected chi connectivity index (χ2v) is 5.51. The SMILES string of the molecule is CC(C)N(CC1CC1)c1ncc(C(=O)O)s1. The molecule has 1 fully saturated rings. The van der Waals surface area contributed by atoms with Crippen LogP contribution in [0.4, 0.5) is 5.13 Å². The molecule has 0 atom stereocenters. The lowest BCUT2D eigenvalue weighted by Crippen LogP contribution is -2.32. The van der Waals surface area contributed by atoms with Gasteiger partial charge >= 0.3 is 5.97 Å². The highest BCUT2D eigenvalue weighted by molar-refractivity contribution is 7.17. The first-order chi connectivity index (χ1) is 7.58. The molecule has 4 nitrogen and oxygen atoms in total. The minimum atomic E-state index is -0.890. The van der Waals surface area contributed by atoms with E-state index >= 15 is 0 Å². The number of nitrogens with zero attached hydrogens (tertiary/aromatic N) is 2. The first-order valence-corrected chi connectivity index (χ1v) is 6.35. The van der Waals surface area contributed by atoms with E-state index in [0.717, 1.165) is 17.6 Å². The summed E-state index contributed by atoms with van der Waals surface area (Å²) >= 11 is 1.26. The van der Waals surface area contributed by atoms with Gasteiger partial charge in [-0.3, -0.25) is 0 Å². The van der Waals surface area contributed by atoms with E-state index in [2.05, 4.69) is 23.7 Å². The van der Waals surface area contributed by atoms with Crippen LogP contribution in [0.25, 0.3) is 0 Å². The average molecular weight is 240 g/mol. The van der Waals surface area contributed by atoms with Gasteiger partial charge in [0, 0.05) is 12.6 Å². The number of rotatable bonds is 5. The first kappa shape index (κ1) is 11.4. The van der Waals surface area contributed by atoms with Gasteiger partial charge in [-0.2, -0.15) is 0 Å². The third-order valence-electron chi connectivity index (χ3n) is 2.73. The summed E-state index contributed by atoms with van der Waals surface area (Å²) in [5, 5.41) is 9.70. The van der Waals surface area contributed by atoms with E-state index < -0.39 is 5.97 Å². The van der Waals surface area contributed by atoms with Crippen LogP contribution in [0.2, 0.25) is 0 Å². The lowest BCUT2D eigenvalue weighted by Gasteiger charge is -2.25. The minimum Gasteiger partial charge on any atom is -0.477 e. The van der Waals surface area contributed by atoms with Crippen LogP contribution < -0.4 is 4.90 Å². The zero-order valence-electron chi connectivity index (χ0n) is 9.51. The van der Waals surface area contributed by atoms with Gasteiger partial charge in [0.25, 0.3) is 0 Å². The number of thiazole rings is 1. The molecule has 0 unspecified atom stereocenters. The van der Waals surface area contributed by atoms with E-state index in [1.807, 2.05) is 0 Å². The standard InChI is InChI=1S/C11H16N2O2S/c1-7(2)13(6-8-3-4-8)11-12-5-9(16-11)10(14)15/h5,7-8H,3-4,6H2,1-2H3,(H,14,15). The zero-order chi connectivity index (χ0) is 11.7. The average Bonchev–Trinajstić information content (AvgIpc) is 2.89. The molecule has 5 heteroatoms. The highest BCUT2D eigenvalue weighted by Crippen LogP contribution is 2.33. The van der Waals surface area contributed by atoms with Gasteiger partial charge in [-0.1, -0.05) is 11.3 Å². The number of carboxylic acid groups (broad SMARTS) is 1. The largest absolute Gasteiger partial charge is 0.477 e. The molecular weight excluding hydrogens is 224 g/mol. The van der Waals surface area contributed by atoms with Crippen LogP contribution in [-0.2, 0) is 0 Å². The number of anilines is 1. The highest BCUT2D eigenvalue weighted by Gasteiger charge is 2.27. The first-order valence-electron chi connectivity index (χ1n) is 5.53. The molecule has 0 amide bonds. The molecule has 2 rings (SSSR count). The van der Waals surface area contributed by atoms with E-state index in [9.17, 15) is 4.79 Å². The van der Waals surface area contributed by atoms with E-state index in [0.29, 0.717) is 10.9 Å². The maximum atomic E-state index is 10.8. The van der Waals surface area contributed by atoms with Crippen molar-refractivity contribution in [3.05, 3.63) is 11.1 Å². The fourth-order valence-corrected chi connectivity index (χ4v) is 2.48. The molecule has 0 spiro atoms. The Morgan fingerprint density at radius 3 is 2.81 bits per heavy atom. The third kappa shape index (κ3) is 2.52. The normalized spacial score (nSPS) is 15.4. The van der Waals surface area contributed by atoms with E-state index in [4.69, 9.17) is 5.11 Å². The second kappa shape index (κ2) is 4.41. The van der Waals surface area contributed by atoms with Crippen molar-refractivity contribution in [1.82, 2.24) is 4.98 Å². The summed E-state index contributed by atoms with van der Waals surface area (Å²) in [5.41, 5.74) is 0. The van der Waals surface area contributed by atoms with Gasteiger partial charge in [0.1, 0.15) is 4.88 Å². The van der Waals surface area contributed by atoms with Crippen molar-refractivity contribution in [3.8, 4) is 0 Å². The number of carboxylic acids is 1. The molecule has 1 N–H and O–H groups in total. The van der Waals surface area contributed by atoms with Crippen molar-refractivity contribution in [2.24, 2.45) is 5.92 Å². The lowest BCUT2D eigenvalue weighted by atomic mass is 10.3. The van der Waals surface area contributed by atoms with Crippen LogP contribution >= 0.6 is 11.3 Å². The molecule has 0 saturated heterocycles. The van der Waals surface area contributed by atoms with Crippen LogP contribution in [0.3, 0.4) is 0 Å². The van der Waals surface area contributed by atoms with E-state index in [-0.39, 0.29) is 0 Å². The van der Waals surface area contributed by atoms with Gasteiger partial charge in [0.15, 0.2) is 5.13 Å². The van der Waals surface area contributed by atoms with Crippen molar-refractivity contribution < 1.29 is 9.90 Å². The third-order valence-corrected chi connectivity index (χ3v) is 3.75. The van der Waals surface area contributed by atoms with Gasteiger partial charge in [-0.25, -0.2) is 9.78 Å². The number of aromatic nitrogens is 1. The lowest BCUT2D eigenvalue weighted by molar-refractivity contribution is 0.0702. The second-order valence-electron chi connectivity index (χ2n) is 4.50. The minimum absolute atomic E-state index is 0.316. The van der Waals surface area contributed by atoms with E-state index in [1.54, 1.807) is 0 Å². The van der Waals surface area contributed by atoms with Crippen molar-refractivity contribution in [3.63, 3.8) is 0 Å². The quantitative estimate of drug-likeness (QED) is 0.859. The zero-order valence-corrected chi connectivity index (χ0v) is 10.3. The van der Waals surface area contributed by atoms with Crippen LogP contribution in [0.1, 0.15) is 36.4 Å². The topological polar surface area (TPSA) is 53.4 Å². The summed E-state index contributed by atoms with van der Waals surface area (Å²) in [4.78, 5) is 17.5. The van der Waals surface area contributed by atoms with Gasteiger partial charge in [0.2, 0.25) is 0 Å². The molecule has 16 heavy (non-hydrogen) atoms. The summed E-state index contributed by atoms with van der Waals surface area (Å²) in [5.74, 6) is -0.113. The van der Waals surface area contributed by atoms with E-state index in [1.165, 1.54) is 30.4 Å². The Morgan fingerprint density at radius 1 is 1.69 bits per heavy atom. The van der Waals surface area contributed by atoms with Gasteiger partial charge < -0.3 is 10.0 Å². The fraction of sp³-hybridized carbons (Fsp3) is 0.636. The van der Waals surface area contributed by atoms with Crippen LogP contribution in [0.5, 0.6) is 0 Å². The van der Waals surface area contributed by atoms with Crippen molar-refractivity contribution in [1.29, 1.82) is 0 Å².